The van der Waals surface area contributed by atoms with Gasteiger partial charge in [-0.1, -0.05) is 12.1 Å². The van der Waals surface area contributed by atoms with Crippen molar-refractivity contribution in [2.75, 3.05) is 13.1 Å². The molecule has 1 fully saturated rings. The van der Waals surface area contributed by atoms with Crippen LogP contribution in [0.4, 0.5) is 0 Å². The van der Waals surface area contributed by atoms with E-state index in [0.717, 1.165) is 49.3 Å². The molecule has 1 saturated heterocycles. The van der Waals surface area contributed by atoms with Gasteiger partial charge in [0.05, 0.1) is 11.0 Å². The van der Waals surface area contributed by atoms with Crippen LogP contribution in [0.5, 0.6) is 0 Å². The molecule has 1 aliphatic heterocycles. The highest BCUT2D eigenvalue weighted by Crippen LogP contribution is 2.23. The lowest BCUT2D eigenvalue weighted by atomic mass is 9.96. The van der Waals surface area contributed by atoms with Crippen LogP contribution in [0.3, 0.4) is 0 Å². The van der Waals surface area contributed by atoms with Gasteiger partial charge in [0.25, 0.3) is 5.56 Å². The zero-order valence-electron chi connectivity index (χ0n) is 17.4. The Morgan fingerprint density at radius 3 is 2.60 bits per heavy atom. The molecule has 30 heavy (non-hydrogen) atoms. The minimum atomic E-state index is -0.518. The molecule has 3 heterocycles. The Hall–Kier alpha value is -3.16. The van der Waals surface area contributed by atoms with E-state index < -0.39 is 11.2 Å². The molecular formula is C22H27N5O3. The van der Waals surface area contributed by atoms with Gasteiger partial charge >= 0.3 is 5.69 Å². The number of nitrogens with zero attached hydrogens (tertiary/aromatic N) is 3. The second-order valence-corrected chi connectivity index (χ2v) is 8.09. The van der Waals surface area contributed by atoms with Gasteiger partial charge < -0.3 is 14.5 Å². The van der Waals surface area contributed by atoms with Gasteiger partial charge in [0.2, 0.25) is 5.91 Å². The summed E-state index contributed by atoms with van der Waals surface area (Å²) in [6.45, 7) is 6.11. The summed E-state index contributed by atoms with van der Waals surface area (Å²) < 4.78 is 2.28. The predicted octanol–water partition coefficient (Wildman–Crippen LogP) is 1.90. The van der Waals surface area contributed by atoms with Crippen molar-refractivity contribution in [3.8, 4) is 0 Å². The number of aromatic nitrogens is 4. The van der Waals surface area contributed by atoms with E-state index in [-0.39, 0.29) is 12.3 Å². The van der Waals surface area contributed by atoms with Crippen molar-refractivity contribution in [1.82, 2.24) is 24.4 Å². The summed E-state index contributed by atoms with van der Waals surface area (Å²) in [4.78, 5) is 47.2. The lowest BCUT2D eigenvalue weighted by Gasteiger charge is -2.32. The summed E-state index contributed by atoms with van der Waals surface area (Å²) in [5.41, 5.74) is 2.25. The first-order chi connectivity index (χ1) is 14.4. The molecular weight excluding hydrogens is 382 g/mol. The highest BCUT2D eigenvalue weighted by molar-refractivity contribution is 5.77. The van der Waals surface area contributed by atoms with Crippen molar-refractivity contribution in [2.24, 2.45) is 5.92 Å². The number of amides is 1. The second kappa shape index (κ2) is 8.30. The molecule has 0 saturated carbocycles. The third kappa shape index (κ3) is 4.08. The van der Waals surface area contributed by atoms with Crippen molar-refractivity contribution in [2.45, 2.75) is 46.1 Å². The molecule has 1 aromatic carbocycles. The Morgan fingerprint density at radius 2 is 1.87 bits per heavy atom. The first-order valence-corrected chi connectivity index (χ1v) is 10.4. The number of hydrogen-bond acceptors (Lipinski definition) is 4. The quantitative estimate of drug-likeness (QED) is 0.672. The van der Waals surface area contributed by atoms with Crippen LogP contribution in [-0.4, -0.2) is 43.4 Å². The molecule has 4 rings (SSSR count). The third-order valence-corrected chi connectivity index (χ3v) is 6.10. The van der Waals surface area contributed by atoms with Crippen molar-refractivity contribution in [3.05, 3.63) is 62.2 Å². The van der Waals surface area contributed by atoms with E-state index in [1.54, 1.807) is 6.92 Å². The molecule has 1 amide bonds. The molecule has 2 N–H and O–H groups in total. The van der Waals surface area contributed by atoms with E-state index in [0.29, 0.717) is 23.6 Å². The average molecular weight is 409 g/mol. The molecule has 0 radical (unpaired) electrons. The fourth-order valence-corrected chi connectivity index (χ4v) is 4.37. The van der Waals surface area contributed by atoms with Crippen LogP contribution in [0.2, 0.25) is 0 Å². The van der Waals surface area contributed by atoms with E-state index in [4.69, 9.17) is 0 Å². The van der Waals surface area contributed by atoms with Crippen LogP contribution in [0.25, 0.3) is 11.0 Å². The number of piperidine rings is 1. The summed E-state index contributed by atoms with van der Waals surface area (Å²) in [7, 11) is 0. The van der Waals surface area contributed by atoms with Gasteiger partial charge in [0, 0.05) is 37.3 Å². The van der Waals surface area contributed by atoms with Gasteiger partial charge in [-0.15, -0.1) is 0 Å². The molecule has 8 nitrogen and oxygen atoms in total. The van der Waals surface area contributed by atoms with E-state index in [2.05, 4.69) is 25.6 Å². The first-order valence-electron chi connectivity index (χ1n) is 10.4. The number of fused-ring (bicyclic) bond motifs is 1. The van der Waals surface area contributed by atoms with Crippen molar-refractivity contribution in [3.63, 3.8) is 0 Å². The minimum absolute atomic E-state index is 0.0581. The standard InChI is InChI=1S/C22H27N5O3/c1-14-17(21(29)25-22(30)23-14)7-8-20(28)26-11-9-16(10-12-26)13-27-15(2)24-18-5-3-4-6-19(18)27/h3-6,16H,7-13H2,1-2H3,(H2,23,25,29,30). The lowest BCUT2D eigenvalue weighted by molar-refractivity contribution is -0.132. The number of rotatable bonds is 5. The van der Waals surface area contributed by atoms with Crippen molar-refractivity contribution < 1.29 is 4.79 Å². The van der Waals surface area contributed by atoms with Crippen molar-refractivity contribution >= 4 is 16.9 Å². The lowest BCUT2D eigenvalue weighted by Crippen LogP contribution is -2.39. The molecule has 0 spiro atoms. The van der Waals surface area contributed by atoms with Crippen molar-refractivity contribution in [1.29, 1.82) is 0 Å². The Labute approximate surface area is 174 Å². The van der Waals surface area contributed by atoms with Gasteiger partial charge in [-0.3, -0.25) is 14.6 Å². The average Bonchev–Trinajstić information content (AvgIpc) is 3.03. The highest BCUT2D eigenvalue weighted by atomic mass is 16.2. The second-order valence-electron chi connectivity index (χ2n) is 8.09. The van der Waals surface area contributed by atoms with Gasteiger partial charge in [0.15, 0.2) is 0 Å². The molecule has 2 aromatic heterocycles. The fourth-order valence-electron chi connectivity index (χ4n) is 4.37. The maximum absolute atomic E-state index is 12.6. The third-order valence-electron chi connectivity index (χ3n) is 6.10. The smallest absolute Gasteiger partial charge is 0.325 e. The van der Waals surface area contributed by atoms with Gasteiger partial charge in [-0.25, -0.2) is 9.78 Å². The van der Waals surface area contributed by atoms with E-state index in [1.165, 1.54) is 0 Å². The zero-order valence-corrected chi connectivity index (χ0v) is 17.4. The molecule has 1 aliphatic rings. The number of carbonyl (C=O) groups excluding carboxylic acids is 1. The summed E-state index contributed by atoms with van der Waals surface area (Å²) in [5.74, 6) is 1.59. The number of hydrogen-bond donors (Lipinski definition) is 2. The first kappa shape index (κ1) is 20.1. The minimum Gasteiger partial charge on any atom is -0.343 e. The van der Waals surface area contributed by atoms with Crippen LogP contribution in [0.1, 0.15) is 36.3 Å². The zero-order chi connectivity index (χ0) is 21.3. The molecule has 8 heteroatoms. The number of aryl methyl sites for hydroxylation is 2. The summed E-state index contributed by atoms with van der Waals surface area (Å²) in [6, 6.07) is 8.19. The van der Waals surface area contributed by atoms with Crippen LogP contribution < -0.4 is 11.2 Å². The molecule has 3 aromatic rings. The maximum atomic E-state index is 12.6. The van der Waals surface area contributed by atoms with Gasteiger partial charge in [0.1, 0.15) is 5.82 Å². The number of nitrogens with one attached hydrogen (secondary N) is 2. The fraction of sp³-hybridized carbons (Fsp3) is 0.455. The summed E-state index contributed by atoms with van der Waals surface area (Å²) >= 11 is 0. The Morgan fingerprint density at radius 1 is 1.13 bits per heavy atom. The van der Waals surface area contributed by atoms with E-state index in [1.807, 2.05) is 30.0 Å². The number of para-hydroxylation sites is 2. The summed E-state index contributed by atoms with van der Waals surface area (Å²) in [5, 5.41) is 0. The van der Waals surface area contributed by atoms with E-state index >= 15 is 0 Å². The largest absolute Gasteiger partial charge is 0.343 e. The molecule has 158 valence electrons. The number of imidazole rings is 1. The SMILES string of the molecule is Cc1[nH]c(=O)[nH]c(=O)c1CCC(=O)N1CCC(Cn2c(C)nc3ccccc32)CC1. The number of benzene rings is 1. The Kier molecular flexibility index (Phi) is 5.57. The normalized spacial score (nSPS) is 15.1. The maximum Gasteiger partial charge on any atom is 0.325 e. The van der Waals surface area contributed by atoms with E-state index in [9.17, 15) is 14.4 Å². The molecule has 0 atom stereocenters. The monoisotopic (exact) mass is 409 g/mol. The van der Waals surface area contributed by atoms with Crippen LogP contribution in [0, 0.1) is 19.8 Å². The number of carbonyl (C=O) groups is 1. The number of likely N-dealkylation sites (tertiary alicyclic amines) is 1. The highest BCUT2D eigenvalue weighted by Gasteiger charge is 2.24. The summed E-state index contributed by atoms with van der Waals surface area (Å²) in [6.07, 6.45) is 2.51. The molecule has 0 unspecified atom stereocenters. The topological polar surface area (TPSA) is 104 Å². The van der Waals surface area contributed by atoms with Crippen LogP contribution >= 0.6 is 0 Å². The predicted molar refractivity (Wildman–Crippen MR) is 115 cm³/mol. The van der Waals surface area contributed by atoms with Crippen LogP contribution in [0.15, 0.2) is 33.9 Å². The van der Waals surface area contributed by atoms with Crippen LogP contribution in [-0.2, 0) is 17.8 Å². The molecule has 0 aliphatic carbocycles. The number of H-pyrrole nitrogens is 2. The van der Waals surface area contributed by atoms with Gasteiger partial charge in [-0.05, 0) is 51.2 Å². The molecule has 0 bridgehead atoms. The Bertz CT molecular complexity index is 1180. The Balaban J connectivity index is 1.33. The van der Waals surface area contributed by atoms with Gasteiger partial charge in [-0.2, -0.15) is 0 Å². The number of aromatic amines is 2.